The number of piperidine rings is 1. The summed E-state index contributed by atoms with van der Waals surface area (Å²) in [6.07, 6.45) is 2.54. The molecule has 1 aliphatic heterocycles. The summed E-state index contributed by atoms with van der Waals surface area (Å²) in [5, 5.41) is 13.1. The molecule has 0 atom stereocenters. The van der Waals surface area contributed by atoms with E-state index in [1.807, 2.05) is 0 Å². The molecule has 0 radical (unpaired) electrons. The number of carbonyl (C=O) groups excluding carboxylic acids is 1. The highest BCUT2D eigenvalue weighted by Crippen LogP contribution is 2.26. The van der Waals surface area contributed by atoms with Crippen LogP contribution in [0.25, 0.3) is 0 Å². The summed E-state index contributed by atoms with van der Waals surface area (Å²) in [4.78, 5) is 22.7. The van der Waals surface area contributed by atoms with Crippen LogP contribution in [0.5, 0.6) is 0 Å². The number of non-ortho nitro benzene ring substituents is 1. The van der Waals surface area contributed by atoms with E-state index in [0.717, 1.165) is 37.5 Å². The van der Waals surface area contributed by atoms with E-state index in [9.17, 15) is 27.7 Å². The number of aryl methyl sites for hydroxylation is 1. The number of sulfonamides is 1. The van der Waals surface area contributed by atoms with Gasteiger partial charge in [-0.05, 0) is 43.5 Å². The van der Waals surface area contributed by atoms with Gasteiger partial charge in [0.1, 0.15) is 5.82 Å². The van der Waals surface area contributed by atoms with Gasteiger partial charge in [-0.2, -0.15) is 4.31 Å². The van der Waals surface area contributed by atoms with Crippen LogP contribution in [0.4, 0.5) is 15.8 Å². The number of anilines is 1. The molecule has 3 rings (SSSR count). The Hall–Kier alpha value is -2.85. The third-order valence-electron chi connectivity index (χ3n) is 4.79. The Balaban J connectivity index is 1.90. The van der Waals surface area contributed by atoms with Crippen molar-refractivity contribution in [2.45, 2.75) is 31.1 Å². The van der Waals surface area contributed by atoms with E-state index in [1.54, 1.807) is 6.92 Å². The predicted octanol–water partition coefficient (Wildman–Crippen LogP) is 3.47. The lowest BCUT2D eigenvalue weighted by Crippen LogP contribution is -2.36. The zero-order valence-electron chi connectivity index (χ0n) is 15.7. The zero-order chi connectivity index (χ0) is 21.2. The summed E-state index contributed by atoms with van der Waals surface area (Å²) in [6.45, 7) is 2.49. The lowest BCUT2D eigenvalue weighted by molar-refractivity contribution is -0.384. The number of amides is 1. The van der Waals surface area contributed by atoms with E-state index in [2.05, 4.69) is 5.32 Å². The van der Waals surface area contributed by atoms with Crippen molar-refractivity contribution in [2.24, 2.45) is 0 Å². The molecule has 1 heterocycles. The van der Waals surface area contributed by atoms with Gasteiger partial charge in [-0.1, -0.05) is 12.5 Å². The quantitative estimate of drug-likeness (QED) is 0.587. The van der Waals surface area contributed by atoms with Crippen LogP contribution in [0.1, 0.15) is 35.2 Å². The number of nitro benzene ring substituents is 1. The van der Waals surface area contributed by atoms with Crippen molar-refractivity contribution in [3.05, 3.63) is 63.5 Å². The van der Waals surface area contributed by atoms with Gasteiger partial charge in [0.05, 0.1) is 15.5 Å². The van der Waals surface area contributed by atoms with Crippen molar-refractivity contribution in [1.82, 2.24) is 4.31 Å². The second kappa shape index (κ2) is 8.26. The first-order valence-corrected chi connectivity index (χ1v) is 10.5. The molecule has 1 saturated heterocycles. The van der Waals surface area contributed by atoms with Gasteiger partial charge >= 0.3 is 0 Å². The van der Waals surface area contributed by atoms with Gasteiger partial charge < -0.3 is 5.32 Å². The number of hydrogen-bond acceptors (Lipinski definition) is 5. The number of hydrogen-bond donors (Lipinski definition) is 1. The van der Waals surface area contributed by atoms with Crippen LogP contribution in [-0.2, 0) is 10.0 Å². The fourth-order valence-corrected chi connectivity index (χ4v) is 4.95. The van der Waals surface area contributed by atoms with Crippen LogP contribution in [-0.4, -0.2) is 36.6 Å². The summed E-state index contributed by atoms with van der Waals surface area (Å²) in [5.74, 6) is -1.60. The van der Waals surface area contributed by atoms with E-state index < -0.39 is 26.7 Å². The first-order chi connectivity index (χ1) is 13.7. The Labute approximate surface area is 167 Å². The number of nitrogens with zero attached hydrogens (tertiary/aromatic N) is 2. The van der Waals surface area contributed by atoms with Crippen molar-refractivity contribution in [2.75, 3.05) is 18.4 Å². The summed E-state index contributed by atoms with van der Waals surface area (Å²) in [7, 11) is -3.76. The van der Waals surface area contributed by atoms with E-state index in [1.165, 1.54) is 22.5 Å². The number of nitro groups is 1. The van der Waals surface area contributed by atoms with Gasteiger partial charge in [0, 0.05) is 30.8 Å². The Morgan fingerprint density at radius 2 is 1.83 bits per heavy atom. The predicted molar refractivity (Wildman–Crippen MR) is 105 cm³/mol. The highest BCUT2D eigenvalue weighted by molar-refractivity contribution is 7.89. The number of benzene rings is 2. The fourth-order valence-electron chi connectivity index (χ4n) is 3.18. The van der Waals surface area contributed by atoms with Gasteiger partial charge in [0.25, 0.3) is 11.6 Å². The molecule has 154 valence electrons. The van der Waals surface area contributed by atoms with E-state index in [0.29, 0.717) is 18.7 Å². The molecule has 1 fully saturated rings. The minimum atomic E-state index is -3.76. The maximum atomic E-state index is 13.9. The molecule has 0 aromatic heterocycles. The van der Waals surface area contributed by atoms with Crippen LogP contribution in [0.2, 0.25) is 0 Å². The van der Waals surface area contributed by atoms with Crippen molar-refractivity contribution >= 4 is 27.3 Å². The molecule has 0 aliphatic carbocycles. The monoisotopic (exact) mass is 421 g/mol. The molecule has 8 nitrogen and oxygen atoms in total. The standard InChI is InChI=1S/C19H20FN3O5S/c1-13-5-6-14(11-18(13)29(27,28)22-9-3-2-4-10-22)19(24)21-17-12-15(23(25)26)7-8-16(17)20/h5-8,11-12H,2-4,9-10H2,1H3,(H,21,24). The van der Waals surface area contributed by atoms with Crippen LogP contribution >= 0.6 is 0 Å². The number of nitrogens with one attached hydrogen (secondary N) is 1. The maximum Gasteiger partial charge on any atom is 0.271 e. The Kier molecular flexibility index (Phi) is 5.94. The molecule has 0 bridgehead atoms. The molecule has 0 spiro atoms. The van der Waals surface area contributed by atoms with Crippen LogP contribution in [0.3, 0.4) is 0 Å². The first kappa shape index (κ1) is 20.9. The summed E-state index contributed by atoms with van der Waals surface area (Å²) < 4.78 is 41.3. The highest BCUT2D eigenvalue weighted by atomic mass is 32.2. The minimum absolute atomic E-state index is 0.0112. The molecule has 0 saturated carbocycles. The van der Waals surface area contributed by atoms with Gasteiger partial charge in [0.15, 0.2) is 0 Å². The van der Waals surface area contributed by atoms with E-state index in [4.69, 9.17) is 0 Å². The van der Waals surface area contributed by atoms with Gasteiger partial charge in [-0.15, -0.1) is 0 Å². The Morgan fingerprint density at radius 3 is 2.48 bits per heavy atom. The summed E-state index contributed by atoms with van der Waals surface area (Å²) in [5.41, 5.74) is -0.227. The largest absolute Gasteiger partial charge is 0.319 e. The fraction of sp³-hybridized carbons (Fsp3) is 0.316. The van der Waals surface area contributed by atoms with Gasteiger partial charge in [-0.25, -0.2) is 12.8 Å². The van der Waals surface area contributed by atoms with Crippen molar-refractivity contribution in [1.29, 1.82) is 0 Å². The molecule has 2 aromatic carbocycles. The van der Waals surface area contributed by atoms with Gasteiger partial charge in [-0.3, -0.25) is 14.9 Å². The second-order valence-electron chi connectivity index (χ2n) is 6.82. The van der Waals surface area contributed by atoms with Crippen molar-refractivity contribution < 1.29 is 22.5 Å². The van der Waals surface area contributed by atoms with Crippen LogP contribution in [0.15, 0.2) is 41.3 Å². The Bertz CT molecular complexity index is 1070. The summed E-state index contributed by atoms with van der Waals surface area (Å²) >= 11 is 0. The van der Waals surface area contributed by atoms with Crippen LogP contribution < -0.4 is 5.32 Å². The third kappa shape index (κ3) is 4.43. The minimum Gasteiger partial charge on any atom is -0.319 e. The van der Waals surface area contributed by atoms with Gasteiger partial charge in [0.2, 0.25) is 10.0 Å². The third-order valence-corrected chi connectivity index (χ3v) is 6.83. The highest BCUT2D eigenvalue weighted by Gasteiger charge is 2.28. The van der Waals surface area contributed by atoms with Crippen molar-refractivity contribution in [3.8, 4) is 0 Å². The van der Waals surface area contributed by atoms with Crippen molar-refractivity contribution in [3.63, 3.8) is 0 Å². The molecule has 1 aliphatic rings. The molecule has 29 heavy (non-hydrogen) atoms. The molecular formula is C19H20FN3O5S. The molecule has 10 heteroatoms. The zero-order valence-corrected chi connectivity index (χ0v) is 16.5. The number of carbonyl (C=O) groups is 1. The average Bonchev–Trinajstić information content (AvgIpc) is 2.70. The summed E-state index contributed by atoms with van der Waals surface area (Å²) in [6, 6.07) is 6.97. The molecule has 1 N–H and O–H groups in total. The molecule has 1 amide bonds. The number of halogens is 1. The Morgan fingerprint density at radius 1 is 1.14 bits per heavy atom. The van der Waals surface area contributed by atoms with E-state index >= 15 is 0 Å². The molecular weight excluding hydrogens is 401 g/mol. The normalized spacial score (nSPS) is 15.1. The maximum absolute atomic E-state index is 13.9. The van der Waals surface area contributed by atoms with Crippen LogP contribution in [0, 0.1) is 22.9 Å². The number of rotatable bonds is 5. The molecule has 2 aromatic rings. The lowest BCUT2D eigenvalue weighted by atomic mass is 10.1. The topological polar surface area (TPSA) is 110 Å². The SMILES string of the molecule is Cc1ccc(C(=O)Nc2cc([N+](=O)[O-])ccc2F)cc1S(=O)(=O)N1CCCCC1. The lowest BCUT2D eigenvalue weighted by Gasteiger charge is -2.26. The smallest absolute Gasteiger partial charge is 0.271 e. The average molecular weight is 421 g/mol. The first-order valence-electron chi connectivity index (χ1n) is 9.06. The van der Waals surface area contributed by atoms with E-state index in [-0.39, 0.29) is 21.8 Å². The molecule has 0 unspecified atom stereocenters. The second-order valence-corrected chi connectivity index (χ2v) is 8.73.